The molecule has 134 valence electrons. The van der Waals surface area contributed by atoms with Crippen molar-refractivity contribution < 1.29 is 14.3 Å². The number of ether oxygens (including phenoxy) is 2. The van der Waals surface area contributed by atoms with Crippen LogP contribution in [0.1, 0.15) is 26.3 Å². The summed E-state index contributed by atoms with van der Waals surface area (Å²) in [6, 6.07) is 3.84. The van der Waals surface area contributed by atoms with E-state index >= 15 is 0 Å². The number of nitrogens with zero attached hydrogens (tertiary/aromatic N) is 2. The number of aromatic nitrogens is 1. The second-order valence-electron chi connectivity index (χ2n) is 6.20. The number of urea groups is 1. The predicted octanol–water partition coefficient (Wildman–Crippen LogP) is 1.39. The zero-order valence-corrected chi connectivity index (χ0v) is 14.7. The molecule has 2 rings (SSSR count). The first-order chi connectivity index (χ1) is 11.6. The highest BCUT2D eigenvalue weighted by molar-refractivity contribution is 5.73. The second-order valence-corrected chi connectivity index (χ2v) is 6.20. The third-order valence-electron chi connectivity index (χ3n) is 3.86. The minimum atomic E-state index is -0.186. The van der Waals surface area contributed by atoms with Gasteiger partial charge < -0.3 is 20.1 Å². The van der Waals surface area contributed by atoms with Gasteiger partial charge in [0.15, 0.2) is 0 Å². The van der Waals surface area contributed by atoms with Crippen molar-refractivity contribution in [2.45, 2.75) is 39.5 Å². The first kappa shape index (κ1) is 18.5. The minimum absolute atomic E-state index is 0.0434. The Bertz CT molecular complexity index is 518. The molecule has 0 aliphatic carbocycles. The van der Waals surface area contributed by atoms with E-state index in [0.717, 1.165) is 31.9 Å². The number of hydrogen-bond donors (Lipinski definition) is 2. The van der Waals surface area contributed by atoms with Crippen LogP contribution in [0.2, 0.25) is 0 Å². The van der Waals surface area contributed by atoms with E-state index in [2.05, 4.69) is 27.4 Å². The number of carbonyl (C=O) groups excluding carboxylic acids is 1. The van der Waals surface area contributed by atoms with Gasteiger partial charge in [0.25, 0.3) is 0 Å². The Balaban J connectivity index is 1.75. The van der Waals surface area contributed by atoms with E-state index < -0.39 is 0 Å². The van der Waals surface area contributed by atoms with E-state index in [-0.39, 0.29) is 18.2 Å². The van der Waals surface area contributed by atoms with Crippen LogP contribution in [0.4, 0.5) is 4.79 Å². The number of hydrogen-bond acceptors (Lipinski definition) is 5. The van der Waals surface area contributed by atoms with Crippen LogP contribution in [0.25, 0.3) is 0 Å². The minimum Gasteiger partial charge on any atom is -0.475 e. The molecule has 1 aromatic rings. The molecule has 0 spiro atoms. The number of carbonyl (C=O) groups is 1. The van der Waals surface area contributed by atoms with Crippen molar-refractivity contribution >= 4 is 6.03 Å². The summed E-state index contributed by atoms with van der Waals surface area (Å²) in [5, 5.41) is 5.77. The number of amides is 2. The summed E-state index contributed by atoms with van der Waals surface area (Å²) in [7, 11) is 0. The van der Waals surface area contributed by atoms with Gasteiger partial charge in [-0.1, -0.05) is 6.07 Å². The largest absolute Gasteiger partial charge is 0.475 e. The second kappa shape index (κ2) is 9.44. The molecule has 1 aliphatic rings. The van der Waals surface area contributed by atoms with Gasteiger partial charge >= 0.3 is 6.03 Å². The maximum Gasteiger partial charge on any atom is 0.315 e. The average Bonchev–Trinajstić information content (AvgIpc) is 2.59. The fourth-order valence-corrected chi connectivity index (χ4v) is 2.51. The van der Waals surface area contributed by atoms with Crippen LogP contribution in [0, 0.1) is 0 Å². The summed E-state index contributed by atoms with van der Waals surface area (Å²) in [4.78, 5) is 18.5. The number of rotatable bonds is 7. The van der Waals surface area contributed by atoms with Crippen molar-refractivity contribution in [3.8, 4) is 5.88 Å². The smallest absolute Gasteiger partial charge is 0.315 e. The zero-order chi connectivity index (χ0) is 17.4. The van der Waals surface area contributed by atoms with Crippen LogP contribution in [0.15, 0.2) is 18.3 Å². The highest BCUT2D eigenvalue weighted by Crippen LogP contribution is 2.15. The van der Waals surface area contributed by atoms with Crippen LogP contribution in [0.5, 0.6) is 5.88 Å². The molecule has 1 atom stereocenters. The molecule has 1 fully saturated rings. The molecule has 0 aromatic carbocycles. The van der Waals surface area contributed by atoms with Gasteiger partial charge in [0, 0.05) is 44.0 Å². The Hall–Kier alpha value is -1.86. The van der Waals surface area contributed by atoms with E-state index in [1.54, 1.807) is 6.20 Å². The van der Waals surface area contributed by atoms with Gasteiger partial charge in [-0.2, -0.15) is 0 Å². The lowest BCUT2D eigenvalue weighted by molar-refractivity contribution is 0.0209. The summed E-state index contributed by atoms with van der Waals surface area (Å²) in [6.45, 7) is 10.3. The first-order valence-electron chi connectivity index (χ1n) is 8.50. The fraction of sp³-hybridized carbons (Fsp3) is 0.647. The van der Waals surface area contributed by atoms with Crippen molar-refractivity contribution in [3.63, 3.8) is 0 Å². The highest BCUT2D eigenvalue weighted by atomic mass is 16.5. The van der Waals surface area contributed by atoms with Crippen LogP contribution >= 0.6 is 0 Å². The summed E-state index contributed by atoms with van der Waals surface area (Å²) >= 11 is 0. The quantitative estimate of drug-likeness (QED) is 0.787. The molecule has 0 radical (unpaired) electrons. The summed E-state index contributed by atoms with van der Waals surface area (Å²) in [5.74, 6) is 0.564. The van der Waals surface area contributed by atoms with E-state index in [1.807, 2.05) is 26.0 Å². The van der Waals surface area contributed by atoms with Crippen molar-refractivity contribution in [2.75, 3.05) is 32.8 Å². The van der Waals surface area contributed by atoms with Crippen LogP contribution in [0.3, 0.4) is 0 Å². The Kier molecular flexibility index (Phi) is 7.27. The Morgan fingerprint density at radius 3 is 2.79 bits per heavy atom. The lowest BCUT2D eigenvalue weighted by atomic mass is 10.2. The maximum atomic E-state index is 12.0. The van der Waals surface area contributed by atoms with Gasteiger partial charge in [-0.25, -0.2) is 9.78 Å². The van der Waals surface area contributed by atoms with Crippen LogP contribution in [-0.2, 0) is 11.3 Å². The van der Waals surface area contributed by atoms with E-state index in [0.29, 0.717) is 19.0 Å². The SMILES string of the molecule is CC(C)Oc1ncccc1CNC(=O)NC[C@@H](C)N1CCOCC1. The van der Waals surface area contributed by atoms with Crippen LogP contribution < -0.4 is 15.4 Å². The molecule has 1 saturated heterocycles. The number of morpholine rings is 1. The Labute approximate surface area is 143 Å². The standard InChI is InChI=1S/C17H28N4O3/c1-13(2)24-16-15(5-4-6-18-16)12-20-17(22)19-11-14(3)21-7-9-23-10-8-21/h4-6,13-14H,7-12H2,1-3H3,(H2,19,20,22)/t14-/m1/s1. The van der Waals surface area contributed by atoms with Gasteiger partial charge in [0.05, 0.1) is 19.3 Å². The lowest BCUT2D eigenvalue weighted by Gasteiger charge is -2.32. The van der Waals surface area contributed by atoms with Crippen molar-refractivity contribution in [3.05, 3.63) is 23.9 Å². The molecule has 1 aliphatic heterocycles. The lowest BCUT2D eigenvalue weighted by Crippen LogP contribution is -2.48. The molecule has 2 heterocycles. The normalized spacial score (nSPS) is 16.7. The molecular weight excluding hydrogens is 308 g/mol. The Morgan fingerprint density at radius 2 is 2.08 bits per heavy atom. The third-order valence-corrected chi connectivity index (χ3v) is 3.86. The van der Waals surface area contributed by atoms with Gasteiger partial charge in [-0.15, -0.1) is 0 Å². The highest BCUT2D eigenvalue weighted by Gasteiger charge is 2.17. The molecule has 7 heteroatoms. The third kappa shape index (κ3) is 5.98. The van der Waals surface area contributed by atoms with Gasteiger partial charge in [-0.05, 0) is 26.8 Å². The predicted molar refractivity (Wildman–Crippen MR) is 92.1 cm³/mol. The molecule has 0 bridgehead atoms. The van der Waals surface area contributed by atoms with E-state index in [9.17, 15) is 4.79 Å². The molecule has 24 heavy (non-hydrogen) atoms. The molecule has 1 aromatic heterocycles. The molecule has 2 amide bonds. The van der Waals surface area contributed by atoms with Crippen molar-refractivity contribution in [1.29, 1.82) is 0 Å². The van der Waals surface area contributed by atoms with E-state index in [1.165, 1.54) is 0 Å². The fourth-order valence-electron chi connectivity index (χ4n) is 2.51. The summed E-state index contributed by atoms with van der Waals surface area (Å²) < 4.78 is 11.0. The summed E-state index contributed by atoms with van der Waals surface area (Å²) in [6.07, 6.45) is 1.73. The number of nitrogens with one attached hydrogen (secondary N) is 2. The number of pyridine rings is 1. The van der Waals surface area contributed by atoms with Crippen molar-refractivity contribution in [1.82, 2.24) is 20.5 Å². The molecule has 2 N–H and O–H groups in total. The topological polar surface area (TPSA) is 75.7 Å². The summed E-state index contributed by atoms with van der Waals surface area (Å²) in [5.41, 5.74) is 0.863. The van der Waals surface area contributed by atoms with Crippen molar-refractivity contribution in [2.24, 2.45) is 0 Å². The maximum absolute atomic E-state index is 12.0. The first-order valence-corrected chi connectivity index (χ1v) is 8.50. The zero-order valence-electron chi connectivity index (χ0n) is 14.7. The van der Waals surface area contributed by atoms with Crippen LogP contribution in [-0.4, -0.2) is 60.9 Å². The molecule has 0 saturated carbocycles. The molecule has 0 unspecified atom stereocenters. The van der Waals surface area contributed by atoms with Gasteiger partial charge in [0.2, 0.25) is 5.88 Å². The van der Waals surface area contributed by atoms with E-state index in [4.69, 9.17) is 9.47 Å². The monoisotopic (exact) mass is 336 g/mol. The van der Waals surface area contributed by atoms with Gasteiger partial charge in [0.1, 0.15) is 0 Å². The Morgan fingerprint density at radius 1 is 1.33 bits per heavy atom. The average molecular weight is 336 g/mol. The molecule has 7 nitrogen and oxygen atoms in total. The molecular formula is C17H28N4O3. The van der Waals surface area contributed by atoms with Gasteiger partial charge in [-0.3, -0.25) is 4.90 Å².